The molecule has 0 saturated heterocycles. The summed E-state index contributed by atoms with van der Waals surface area (Å²) in [6, 6.07) is 16.5. The van der Waals surface area contributed by atoms with Gasteiger partial charge in [-0.15, -0.1) is 0 Å². The summed E-state index contributed by atoms with van der Waals surface area (Å²) in [7, 11) is -4.18. The van der Waals surface area contributed by atoms with Crippen molar-refractivity contribution in [1.29, 1.82) is 0 Å². The van der Waals surface area contributed by atoms with Gasteiger partial charge in [-0.1, -0.05) is 65.1 Å². The summed E-state index contributed by atoms with van der Waals surface area (Å²) in [5.41, 5.74) is 1.49. The number of amides is 2. The molecular weight excluding hydrogens is 581 g/mol. The number of sulfonamides is 1. The molecule has 3 aromatic rings. The summed E-state index contributed by atoms with van der Waals surface area (Å²) in [5, 5.41) is 3.77. The Labute approximate surface area is 244 Å². The SMILES string of the molecule is Cc1ccc(Cl)cc1N(CC(=O)N(Cc1ccc(Cl)c(Cl)c1)[C@@H](C)C(=O)NC(C)C)S(=O)(=O)c1ccccc1. The molecule has 0 heterocycles. The van der Waals surface area contributed by atoms with E-state index in [1.54, 1.807) is 62.4 Å². The van der Waals surface area contributed by atoms with Crippen LogP contribution in [0.5, 0.6) is 0 Å². The van der Waals surface area contributed by atoms with Crippen molar-refractivity contribution in [3.05, 3.63) is 92.9 Å². The number of carbonyl (C=O) groups is 2. The van der Waals surface area contributed by atoms with Gasteiger partial charge in [0.25, 0.3) is 10.0 Å². The van der Waals surface area contributed by atoms with Gasteiger partial charge in [0.05, 0.1) is 20.6 Å². The van der Waals surface area contributed by atoms with E-state index < -0.39 is 28.5 Å². The van der Waals surface area contributed by atoms with E-state index in [0.717, 1.165) is 4.31 Å². The average molecular weight is 611 g/mol. The van der Waals surface area contributed by atoms with E-state index in [2.05, 4.69) is 5.32 Å². The van der Waals surface area contributed by atoms with Crippen molar-refractivity contribution in [2.75, 3.05) is 10.8 Å². The molecule has 39 heavy (non-hydrogen) atoms. The Hall–Kier alpha value is -2.78. The number of hydrogen-bond acceptors (Lipinski definition) is 4. The fraction of sp³-hybridized carbons (Fsp3) is 0.286. The number of halogens is 3. The van der Waals surface area contributed by atoms with E-state index in [1.165, 1.54) is 23.1 Å². The second-order valence-corrected chi connectivity index (χ2v) is 12.5. The number of aryl methyl sites for hydroxylation is 1. The summed E-state index contributed by atoms with van der Waals surface area (Å²) in [6.07, 6.45) is 0. The summed E-state index contributed by atoms with van der Waals surface area (Å²) < 4.78 is 28.7. The lowest BCUT2D eigenvalue weighted by Gasteiger charge is -2.32. The van der Waals surface area contributed by atoms with E-state index >= 15 is 0 Å². The Bertz CT molecular complexity index is 1450. The molecule has 0 aliphatic rings. The monoisotopic (exact) mass is 609 g/mol. The molecule has 0 radical (unpaired) electrons. The van der Waals surface area contributed by atoms with Gasteiger partial charge in [0.1, 0.15) is 12.6 Å². The van der Waals surface area contributed by atoms with Crippen LogP contribution < -0.4 is 9.62 Å². The first-order valence-electron chi connectivity index (χ1n) is 12.2. The van der Waals surface area contributed by atoms with Crippen LogP contribution in [0.3, 0.4) is 0 Å². The molecular formula is C28H30Cl3N3O4S. The Morgan fingerprint density at radius 3 is 2.18 bits per heavy atom. The van der Waals surface area contributed by atoms with Crippen molar-refractivity contribution in [1.82, 2.24) is 10.2 Å². The number of carbonyl (C=O) groups excluding carboxylic acids is 2. The van der Waals surface area contributed by atoms with Gasteiger partial charge < -0.3 is 10.2 Å². The van der Waals surface area contributed by atoms with Gasteiger partial charge in [-0.2, -0.15) is 0 Å². The molecule has 7 nitrogen and oxygen atoms in total. The average Bonchev–Trinajstić information content (AvgIpc) is 2.89. The minimum atomic E-state index is -4.18. The molecule has 11 heteroatoms. The molecule has 1 N–H and O–H groups in total. The zero-order valence-electron chi connectivity index (χ0n) is 22.0. The molecule has 0 unspecified atom stereocenters. The molecule has 0 bridgehead atoms. The number of nitrogens with one attached hydrogen (secondary N) is 1. The smallest absolute Gasteiger partial charge is 0.264 e. The van der Waals surface area contributed by atoms with Crippen molar-refractivity contribution in [3.63, 3.8) is 0 Å². The molecule has 0 aliphatic carbocycles. The predicted octanol–water partition coefficient (Wildman–Crippen LogP) is 6.09. The molecule has 0 saturated carbocycles. The predicted molar refractivity (Wildman–Crippen MR) is 157 cm³/mol. The molecule has 0 aliphatic heterocycles. The molecule has 3 rings (SSSR count). The minimum absolute atomic E-state index is 0.00381. The highest BCUT2D eigenvalue weighted by molar-refractivity contribution is 7.92. The topological polar surface area (TPSA) is 86.8 Å². The molecule has 0 aromatic heterocycles. The van der Waals surface area contributed by atoms with Crippen LogP contribution >= 0.6 is 34.8 Å². The molecule has 208 valence electrons. The number of anilines is 1. The van der Waals surface area contributed by atoms with Crippen LogP contribution in [0.1, 0.15) is 31.9 Å². The molecule has 3 aromatic carbocycles. The lowest BCUT2D eigenvalue weighted by Crippen LogP contribution is -2.52. The van der Waals surface area contributed by atoms with Gasteiger partial charge in [-0.3, -0.25) is 13.9 Å². The summed E-state index contributed by atoms with van der Waals surface area (Å²) in [4.78, 5) is 28.3. The molecule has 2 amide bonds. The number of rotatable bonds is 10. The van der Waals surface area contributed by atoms with Crippen molar-refractivity contribution in [2.24, 2.45) is 0 Å². The standard InChI is InChI=1S/C28H30Cl3N3O4S/c1-18(2)32-28(36)20(4)33(16-21-11-13-24(30)25(31)14-21)27(35)17-34(26-15-22(29)12-10-19(26)3)39(37,38)23-8-6-5-7-9-23/h5-15,18,20H,16-17H2,1-4H3,(H,32,36)/t20-/m0/s1. The summed E-state index contributed by atoms with van der Waals surface area (Å²) >= 11 is 18.5. The van der Waals surface area contributed by atoms with Gasteiger partial charge in [0.15, 0.2) is 0 Å². The van der Waals surface area contributed by atoms with Crippen LogP contribution in [-0.2, 0) is 26.2 Å². The Morgan fingerprint density at radius 2 is 1.56 bits per heavy atom. The van der Waals surface area contributed by atoms with Crippen LogP contribution in [0.2, 0.25) is 15.1 Å². The lowest BCUT2D eigenvalue weighted by molar-refractivity contribution is -0.139. The number of nitrogens with zero attached hydrogens (tertiary/aromatic N) is 2. The third-order valence-corrected chi connectivity index (χ3v) is 8.73. The van der Waals surface area contributed by atoms with Gasteiger partial charge in [0, 0.05) is 17.6 Å². The Balaban J connectivity index is 2.07. The Kier molecular flexibility index (Phi) is 10.3. The maximum Gasteiger partial charge on any atom is 0.264 e. The highest BCUT2D eigenvalue weighted by atomic mass is 35.5. The Morgan fingerprint density at radius 1 is 0.897 bits per heavy atom. The first-order valence-corrected chi connectivity index (χ1v) is 14.8. The minimum Gasteiger partial charge on any atom is -0.352 e. The van der Waals surface area contributed by atoms with Crippen LogP contribution in [0.4, 0.5) is 5.69 Å². The first kappa shape index (κ1) is 30.8. The third-order valence-electron chi connectivity index (χ3n) is 5.99. The zero-order valence-corrected chi connectivity index (χ0v) is 25.1. The van der Waals surface area contributed by atoms with Crippen molar-refractivity contribution in [3.8, 4) is 0 Å². The van der Waals surface area contributed by atoms with Crippen LogP contribution in [0, 0.1) is 6.92 Å². The highest BCUT2D eigenvalue weighted by Crippen LogP contribution is 2.30. The largest absolute Gasteiger partial charge is 0.352 e. The van der Waals surface area contributed by atoms with Gasteiger partial charge in [-0.05, 0) is 75.2 Å². The lowest BCUT2D eigenvalue weighted by atomic mass is 10.1. The van der Waals surface area contributed by atoms with E-state index in [1.807, 2.05) is 13.8 Å². The molecule has 1 atom stereocenters. The highest BCUT2D eigenvalue weighted by Gasteiger charge is 2.33. The van der Waals surface area contributed by atoms with E-state index in [-0.39, 0.29) is 29.1 Å². The van der Waals surface area contributed by atoms with Crippen LogP contribution in [0.25, 0.3) is 0 Å². The first-order chi connectivity index (χ1) is 18.3. The van der Waals surface area contributed by atoms with E-state index in [9.17, 15) is 18.0 Å². The zero-order chi connectivity index (χ0) is 28.9. The van der Waals surface area contributed by atoms with Crippen molar-refractivity contribution in [2.45, 2.75) is 51.2 Å². The van der Waals surface area contributed by atoms with Gasteiger partial charge >= 0.3 is 0 Å². The maximum atomic E-state index is 13.9. The van der Waals surface area contributed by atoms with Crippen LogP contribution in [-0.4, -0.2) is 43.8 Å². The fourth-order valence-electron chi connectivity index (χ4n) is 3.91. The number of benzene rings is 3. The molecule has 0 spiro atoms. The second-order valence-electron chi connectivity index (χ2n) is 9.36. The quantitative estimate of drug-likeness (QED) is 0.301. The molecule has 0 fully saturated rings. The summed E-state index contributed by atoms with van der Waals surface area (Å²) in [6.45, 7) is 6.37. The summed E-state index contributed by atoms with van der Waals surface area (Å²) in [5.74, 6) is -0.971. The maximum absolute atomic E-state index is 13.9. The third kappa shape index (κ3) is 7.66. The number of hydrogen-bond donors (Lipinski definition) is 1. The van der Waals surface area contributed by atoms with E-state index in [4.69, 9.17) is 34.8 Å². The van der Waals surface area contributed by atoms with Crippen LogP contribution in [0.15, 0.2) is 71.6 Å². The fourth-order valence-corrected chi connectivity index (χ4v) is 5.89. The van der Waals surface area contributed by atoms with Gasteiger partial charge in [0.2, 0.25) is 11.8 Å². The van der Waals surface area contributed by atoms with Crippen molar-refractivity contribution < 1.29 is 18.0 Å². The van der Waals surface area contributed by atoms with E-state index in [0.29, 0.717) is 26.2 Å². The van der Waals surface area contributed by atoms with Gasteiger partial charge in [-0.25, -0.2) is 8.42 Å². The second kappa shape index (κ2) is 13.0. The van der Waals surface area contributed by atoms with Crippen molar-refractivity contribution >= 4 is 62.3 Å². The normalized spacial score (nSPS) is 12.2.